The van der Waals surface area contributed by atoms with Crippen molar-refractivity contribution in [2.45, 2.75) is 31.5 Å². The largest absolute Gasteiger partial charge is 0.390 e. The molecular formula is C11H21F3N2O. The van der Waals surface area contributed by atoms with Crippen molar-refractivity contribution >= 4 is 0 Å². The first kappa shape index (κ1) is 14.7. The van der Waals surface area contributed by atoms with E-state index in [2.05, 4.69) is 5.32 Å². The molecule has 6 heteroatoms. The average Bonchev–Trinajstić information content (AvgIpc) is 2.27. The van der Waals surface area contributed by atoms with E-state index in [0.717, 1.165) is 25.9 Å². The van der Waals surface area contributed by atoms with Crippen molar-refractivity contribution in [2.24, 2.45) is 0 Å². The Labute approximate surface area is 100 Å². The van der Waals surface area contributed by atoms with E-state index in [1.807, 2.05) is 0 Å². The highest BCUT2D eigenvalue weighted by Gasteiger charge is 2.27. The Kier molecular flexibility index (Phi) is 6.22. The second-order valence-corrected chi connectivity index (χ2v) is 4.49. The van der Waals surface area contributed by atoms with Gasteiger partial charge in [-0.2, -0.15) is 13.2 Å². The van der Waals surface area contributed by atoms with Gasteiger partial charge in [-0.05, 0) is 33.0 Å². The van der Waals surface area contributed by atoms with Gasteiger partial charge in [0.1, 0.15) is 0 Å². The van der Waals surface area contributed by atoms with Crippen molar-refractivity contribution < 1.29 is 17.9 Å². The van der Waals surface area contributed by atoms with Gasteiger partial charge < -0.3 is 15.0 Å². The molecule has 0 atom stereocenters. The molecule has 0 amide bonds. The second-order valence-electron chi connectivity index (χ2n) is 4.49. The Bertz CT molecular complexity index is 205. The minimum atomic E-state index is -4.07. The van der Waals surface area contributed by atoms with Crippen LogP contribution < -0.4 is 5.32 Å². The van der Waals surface area contributed by atoms with Crippen LogP contribution in [-0.4, -0.2) is 57.0 Å². The van der Waals surface area contributed by atoms with Crippen LogP contribution in [0.25, 0.3) is 0 Å². The highest BCUT2D eigenvalue weighted by atomic mass is 19.4. The van der Waals surface area contributed by atoms with Crippen LogP contribution in [0.1, 0.15) is 19.3 Å². The average molecular weight is 254 g/mol. The lowest BCUT2D eigenvalue weighted by Crippen LogP contribution is -2.34. The normalized spacial score (nSPS) is 18.9. The first-order valence-electron chi connectivity index (χ1n) is 6.05. The fourth-order valence-corrected chi connectivity index (χ4v) is 1.77. The third-order valence-electron chi connectivity index (χ3n) is 2.89. The van der Waals surface area contributed by atoms with Crippen molar-refractivity contribution in [1.82, 2.24) is 10.2 Å². The van der Waals surface area contributed by atoms with Gasteiger partial charge in [-0.3, -0.25) is 0 Å². The smallest absolute Gasteiger partial charge is 0.377 e. The molecule has 102 valence electrons. The third-order valence-corrected chi connectivity index (χ3v) is 2.89. The van der Waals surface area contributed by atoms with Gasteiger partial charge in [0.05, 0.1) is 19.1 Å². The fourth-order valence-electron chi connectivity index (χ4n) is 1.77. The zero-order valence-corrected chi connectivity index (χ0v) is 10.2. The van der Waals surface area contributed by atoms with Crippen molar-refractivity contribution in [1.29, 1.82) is 0 Å². The molecule has 1 heterocycles. The molecule has 1 saturated heterocycles. The summed E-state index contributed by atoms with van der Waals surface area (Å²) in [5, 5.41) is 3.24. The summed E-state index contributed by atoms with van der Waals surface area (Å²) in [7, 11) is 1.69. The number of rotatable bonds is 6. The lowest BCUT2D eigenvalue weighted by molar-refractivity contribution is -0.137. The Morgan fingerprint density at radius 2 is 1.88 bits per heavy atom. The summed E-state index contributed by atoms with van der Waals surface area (Å²) in [5.41, 5.74) is 0. The Morgan fingerprint density at radius 1 is 1.24 bits per heavy atom. The number of nitrogens with zero attached hydrogens (tertiary/aromatic N) is 1. The molecule has 17 heavy (non-hydrogen) atoms. The van der Waals surface area contributed by atoms with Crippen LogP contribution in [0.15, 0.2) is 0 Å². The predicted molar refractivity (Wildman–Crippen MR) is 60.0 cm³/mol. The molecule has 1 N–H and O–H groups in total. The van der Waals surface area contributed by atoms with Crippen molar-refractivity contribution in [3.63, 3.8) is 0 Å². The SMILES string of the molecule is CN(CCOC1CCNCC1)CCC(F)(F)F. The Hall–Kier alpha value is -0.330. The van der Waals surface area contributed by atoms with Gasteiger partial charge in [-0.15, -0.1) is 0 Å². The van der Waals surface area contributed by atoms with Gasteiger partial charge in [-0.25, -0.2) is 0 Å². The number of nitrogens with one attached hydrogen (secondary N) is 1. The zero-order valence-electron chi connectivity index (χ0n) is 10.2. The summed E-state index contributed by atoms with van der Waals surface area (Å²) in [4.78, 5) is 1.66. The first-order chi connectivity index (χ1) is 7.97. The maximum atomic E-state index is 12.0. The van der Waals surface area contributed by atoms with E-state index in [1.54, 1.807) is 11.9 Å². The van der Waals surface area contributed by atoms with Crippen LogP contribution in [-0.2, 0) is 4.74 Å². The summed E-state index contributed by atoms with van der Waals surface area (Å²) < 4.78 is 41.5. The molecule has 0 aromatic heterocycles. The summed E-state index contributed by atoms with van der Waals surface area (Å²) >= 11 is 0. The van der Waals surface area contributed by atoms with E-state index in [4.69, 9.17) is 4.74 Å². The molecule has 3 nitrogen and oxygen atoms in total. The number of likely N-dealkylation sites (N-methyl/N-ethyl adjacent to an activating group) is 1. The lowest BCUT2D eigenvalue weighted by Gasteiger charge is -2.24. The van der Waals surface area contributed by atoms with E-state index in [9.17, 15) is 13.2 Å². The van der Waals surface area contributed by atoms with Crippen LogP contribution in [0.3, 0.4) is 0 Å². The highest BCUT2D eigenvalue weighted by molar-refractivity contribution is 4.68. The van der Waals surface area contributed by atoms with E-state index >= 15 is 0 Å². The van der Waals surface area contributed by atoms with Gasteiger partial charge in [-0.1, -0.05) is 0 Å². The standard InChI is InChI=1S/C11H21F3N2O/c1-16(7-4-11(12,13)14)8-9-17-10-2-5-15-6-3-10/h10,15H,2-9H2,1H3. The molecule has 0 aromatic carbocycles. The molecular weight excluding hydrogens is 233 g/mol. The fraction of sp³-hybridized carbons (Fsp3) is 1.00. The van der Waals surface area contributed by atoms with Crippen molar-refractivity contribution in [2.75, 3.05) is 39.8 Å². The topological polar surface area (TPSA) is 24.5 Å². The maximum Gasteiger partial charge on any atom is 0.390 e. The minimum absolute atomic E-state index is 0.0408. The molecule has 1 aliphatic heterocycles. The molecule has 1 fully saturated rings. The first-order valence-corrected chi connectivity index (χ1v) is 6.05. The van der Waals surface area contributed by atoms with Crippen LogP contribution >= 0.6 is 0 Å². The third kappa shape index (κ3) is 7.57. The van der Waals surface area contributed by atoms with Gasteiger partial charge in [0.25, 0.3) is 0 Å². The molecule has 0 radical (unpaired) electrons. The molecule has 0 unspecified atom stereocenters. The van der Waals surface area contributed by atoms with E-state index in [-0.39, 0.29) is 12.6 Å². The maximum absolute atomic E-state index is 12.0. The molecule has 1 aliphatic rings. The minimum Gasteiger partial charge on any atom is -0.377 e. The molecule has 0 aliphatic carbocycles. The Morgan fingerprint density at radius 3 is 2.47 bits per heavy atom. The van der Waals surface area contributed by atoms with Gasteiger partial charge >= 0.3 is 6.18 Å². The summed E-state index contributed by atoms with van der Waals surface area (Å²) in [6.07, 6.45) is -2.56. The Balaban J connectivity index is 2.01. The molecule has 0 bridgehead atoms. The van der Waals surface area contributed by atoms with E-state index < -0.39 is 12.6 Å². The monoisotopic (exact) mass is 254 g/mol. The van der Waals surface area contributed by atoms with Crippen LogP contribution in [0.5, 0.6) is 0 Å². The number of halogens is 3. The van der Waals surface area contributed by atoms with Crippen molar-refractivity contribution in [3.05, 3.63) is 0 Å². The number of alkyl halides is 3. The molecule has 0 aromatic rings. The van der Waals surface area contributed by atoms with Crippen LogP contribution in [0.2, 0.25) is 0 Å². The van der Waals surface area contributed by atoms with Gasteiger partial charge in [0.15, 0.2) is 0 Å². The van der Waals surface area contributed by atoms with E-state index in [1.165, 1.54) is 0 Å². The van der Waals surface area contributed by atoms with Gasteiger partial charge in [0, 0.05) is 13.1 Å². The molecule has 0 saturated carbocycles. The number of hydrogen-bond donors (Lipinski definition) is 1. The number of hydrogen-bond acceptors (Lipinski definition) is 3. The summed E-state index contributed by atoms with van der Waals surface area (Å²) in [5.74, 6) is 0. The second kappa shape index (κ2) is 7.18. The predicted octanol–water partition coefficient (Wildman–Crippen LogP) is 1.64. The van der Waals surface area contributed by atoms with E-state index in [0.29, 0.717) is 13.2 Å². The highest BCUT2D eigenvalue weighted by Crippen LogP contribution is 2.19. The lowest BCUT2D eigenvalue weighted by atomic mass is 10.1. The van der Waals surface area contributed by atoms with Crippen LogP contribution in [0.4, 0.5) is 13.2 Å². The molecule has 0 spiro atoms. The molecule has 1 rings (SSSR count). The quantitative estimate of drug-likeness (QED) is 0.780. The van der Waals surface area contributed by atoms with Crippen LogP contribution in [0, 0.1) is 0 Å². The zero-order chi connectivity index (χ0) is 12.7. The van der Waals surface area contributed by atoms with Gasteiger partial charge in [0.2, 0.25) is 0 Å². The summed E-state index contributed by atoms with van der Waals surface area (Å²) in [6, 6.07) is 0. The van der Waals surface area contributed by atoms with Crippen molar-refractivity contribution in [3.8, 4) is 0 Å². The summed E-state index contributed by atoms with van der Waals surface area (Å²) in [6.45, 7) is 3.04. The number of ether oxygens (including phenoxy) is 1. The number of piperidine rings is 1.